The van der Waals surface area contributed by atoms with Crippen LogP contribution in [0.5, 0.6) is 0 Å². The van der Waals surface area contributed by atoms with Crippen molar-refractivity contribution in [3.05, 3.63) is 34.1 Å². The van der Waals surface area contributed by atoms with Gasteiger partial charge in [-0.3, -0.25) is 0 Å². The van der Waals surface area contributed by atoms with Gasteiger partial charge in [-0.2, -0.15) is 4.98 Å². The molecule has 21 heavy (non-hydrogen) atoms. The van der Waals surface area contributed by atoms with Crippen molar-refractivity contribution in [3.8, 4) is 11.6 Å². The van der Waals surface area contributed by atoms with Crippen LogP contribution in [0.2, 0.25) is 0 Å². The molecule has 1 fully saturated rings. The van der Waals surface area contributed by atoms with Gasteiger partial charge in [0.15, 0.2) is 0 Å². The first kappa shape index (κ1) is 13.0. The summed E-state index contributed by atoms with van der Waals surface area (Å²) in [5.74, 6) is 1.14. The summed E-state index contributed by atoms with van der Waals surface area (Å²) in [5, 5.41) is 5.15. The highest BCUT2D eigenvalue weighted by Gasteiger charge is 2.24. The quantitative estimate of drug-likeness (QED) is 0.756. The van der Waals surface area contributed by atoms with Gasteiger partial charge >= 0.3 is 0 Å². The molecule has 4 rings (SSSR count). The molecule has 0 spiro atoms. The van der Waals surface area contributed by atoms with Crippen molar-refractivity contribution in [2.24, 2.45) is 0 Å². The first-order valence-corrected chi connectivity index (χ1v) is 7.75. The molecule has 0 bridgehead atoms. The van der Waals surface area contributed by atoms with Gasteiger partial charge < -0.3 is 14.2 Å². The van der Waals surface area contributed by atoms with Crippen LogP contribution in [-0.4, -0.2) is 21.7 Å². The van der Waals surface area contributed by atoms with Crippen LogP contribution in [0.4, 0.5) is 0 Å². The van der Waals surface area contributed by atoms with Crippen LogP contribution in [0.1, 0.15) is 30.3 Å². The molecule has 2 aromatic heterocycles. The Hall–Kier alpha value is -1.66. The van der Waals surface area contributed by atoms with Gasteiger partial charge in [0.05, 0.1) is 0 Å². The number of benzene rings is 1. The minimum Gasteiger partial charge on any atom is -0.370 e. The Balaban J connectivity index is 1.74. The van der Waals surface area contributed by atoms with Gasteiger partial charge in [-0.15, -0.1) is 0 Å². The fourth-order valence-electron chi connectivity index (χ4n) is 2.65. The number of aromatic nitrogens is 3. The second-order valence-electron chi connectivity index (χ2n) is 5.30. The van der Waals surface area contributed by atoms with E-state index in [-0.39, 0.29) is 6.10 Å². The molecule has 1 unspecified atom stereocenters. The second kappa shape index (κ2) is 4.96. The summed E-state index contributed by atoms with van der Waals surface area (Å²) in [6.45, 7) is 2.84. The maximum atomic E-state index is 5.58. The number of fused-ring (bicyclic) bond motifs is 1. The van der Waals surface area contributed by atoms with Gasteiger partial charge in [0.2, 0.25) is 5.82 Å². The smallest absolute Gasteiger partial charge is 0.274 e. The van der Waals surface area contributed by atoms with E-state index in [4.69, 9.17) is 9.26 Å². The fraction of sp³-hybridized carbons (Fsp3) is 0.333. The standard InChI is InChI=1S/C15H14BrN3O2/c1-8-4-5-10-9(13(8)16)7-11(17-10)15-18-14(19-21-15)12-3-2-6-20-12/h4-5,7,12,17H,2-3,6H2,1H3. The molecule has 0 aliphatic carbocycles. The molecule has 1 N–H and O–H groups in total. The predicted octanol–water partition coefficient (Wildman–Crippen LogP) is 4.14. The lowest BCUT2D eigenvalue weighted by Crippen LogP contribution is -1.97. The summed E-state index contributed by atoms with van der Waals surface area (Å²) in [6.07, 6.45) is 1.98. The number of halogens is 1. The van der Waals surface area contributed by atoms with Crippen LogP contribution in [0.25, 0.3) is 22.5 Å². The molecule has 3 aromatic rings. The average Bonchev–Trinajstić information content (AvgIpc) is 3.21. The number of nitrogens with one attached hydrogen (secondary N) is 1. The lowest BCUT2D eigenvalue weighted by Gasteiger charge is -2.00. The Morgan fingerprint density at radius 3 is 3.10 bits per heavy atom. The first-order chi connectivity index (χ1) is 10.2. The van der Waals surface area contributed by atoms with Gasteiger partial charge in [0.1, 0.15) is 11.8 Å². The van der Waals surface area contributed by atoms with Crippen LogP contribution >= 0.6 is 15.9 Å². The van der Waals surface area contributed by atoms with Gasteiger partial charge in [-0.25, -0.2) is 0 Å². The van der Waals surface area contributed by atoms with Crippen molar-refractivity contribution in [3.63, 3.8) is 0 Å². The van der Waals surface area contributed by atoms with Crippen LogP contribution in [0.15, 0.2) is 27.2 Å². The molecule has 5 nitrogen and oxygen atoms in total. The highest BCUT2D eigenvalue weighted by molar-refractivity contribution is 9.10. The van der Waals surface area contributed by atoms with Crippen molar-refractivity contribution in [1.82, 2.24) is 15.1 Å². The van der Waals surface area contributed by atoms with Gasteiger partial charge in [0, 0.05) is 22.0 Å². The highest BCUT2D eigenvalue weighted by atomic mass is 79.9. The number of hydrogen-bond donors (Lipinski definition) is 1. The topological polar surface area (TPSA) is 63.9 Å². The number of aromatic amines is 1. The van der Waals surface area contributed by atoms with E-state index in [9.17, 15) is 0 Å². The van der Waals surface area contributed by atoms with E-state index in [1.165, 1.54) is 5.56 Å². The average molecular weight is 348 g/mol. The third kappa shape index (κ3) is 2.18. The lowest BCUT2D eigenvalue weighted by atomic mass is 10.2. The van der Waals surface area contributed by atoms with E-state index >= 15 is 0 Å². The largest absolute Gasteiger partial charge is 0.370 e. The zero-order chi connectivity index (χ0) is 14.4. The molecule has 0 amide bonds. The minimum absolute atomic E-state index is 0.0270. The summed E-state index contributed by atoms with van der Waals surface area (Å²) >= 11 is 3.62. The van der Waals surface area contributed by atoms with Gasteiger partial charge in [-0.05, 0) is 53.4 Å². The normalized spacial score (nSPS) is 18.7. The van der Waals surface area contributed by atoms with Crippen molar-refractivity contribution in [2.45, 2.75) is 25.9 Å². The summed E-state index contributed by atoms with van der Waals surface area (Å²) < 4.78 is 12.0. The SMILES string of the molecule is Cc1ccc2[nH]c(-c3nc(C4CCCO4)no3)cc2c1Br. The Morgan fingerprint density at radius 2 is 2.29 bits per heavy atom. The van der Waals surface area contributed by atoms with Crippen molar-refractivity contribution < 1.29 is 9.26 Å². The minimum atomic E-state index is -0.0270. The monoisotopic (exact) mass is 347 g/mol. The molecule has 0 saturated carbocycles. The number of hydrogen-bond acceptors (Lipinski definition) is 4. The summed E-state index contributed by atoms with van der Waals surface area (Å²) in [6, 6.07) is 6.15. The molecule has 1 aliphatic rings. The van der Waals surface area contributed by atoms with E-state index in [1.807, 2.05) is 6.07 Å². The maximum Gasteiger partial charge on any atom is 0.274 e. The Labute approximate surface area is 129 Å². The van der Waals surface area contributed by atoms with Crippen LogP contribution < -0.4 is 0 Å². The molecule has 1 aromatic carbocycles. The van der Waals surface area contributed by atoms with E-state index in [0.717, 1.165) is 40.5 Å². The number of ether oxygens (including phenoxy) is 1. The number of aryl methyl sites for hydroxylation is 1. The zero-order valence-electron chi connectivity index (χ0n) is 11.5. The van der Waals surface area contributed by atoms with Crippen LogP contribution in [0, 0.1) is 6.92 Å². The van der Waals surface area contributed by atoms with Gasteiger partial charge in [0.25, 0.3) is 5.89 Å². The molecule has 1 atom stereocenters. The summed E-state index contributed by atoms with van der Waals surface area (Å²) in [7, 11) is 0. The van der Waals surface area contributed by atoms with Gasteiger partial charge in [-0.1, -0.05) is 11.2 Å². The summed E-state index contributed by atoms with van der Waals surface area (Å²) in [5.41, 5.74) is 3.06. The Kier molecular flexibility index (Phi) is 3.08. The van der Waals surface area contributed by atoms with E-state index in [1.54, 1.807) is 0 Å². The highest BCUT2D eigenvalue weighted by Crippen LogP contribution is 2.32. The molecular weight excluding hydrogens is 334 g/mol. The molecule has 0 radical (unpaired) electrons. The Bertz CT molecular complexity index is 802. The number of rotatable bonds is 2. The predicted molar refractivity (Wildman–Crippen MR) is 82.0 cm³/mol. The van der Waals surface area contributed by atoms with E-state index in [0.29, 0.717) is 11.7 Å². The van der Waals surface area contributed by atoms with Crippen LogP contribution in [-0.2, 0) is 4.74 Å². The molecule has 1 saturated heterocycles. The molecule has 108 valence electrons. The number of H-pyrrole nitrogens is 1. The van der Waals surface area contributed by atoms with E-state index in [2.05, 4.69) is 50.1 Å². The first-order valence-electron chi connectivity index (χ1n) is 6.96. The fourth-order valence-corrected chi connectivity index (χ4v) is 3.11. The van der Waals surface area contributed by atoms with Crippen molar-refractivity contribution in [1.29, 1.82) is 0 Å². The summed E-state index contributed by atoms with van der Waals surface area (Å²) in [4.78, 5) is 7.78. The molecular formula is C15H14BrN3O2. The zero-order valence-corrected chi connectivity index (χ0v) is 13.1. The molecule has 3 heterocycles. The van der Waals surface area contributed by atoms with E-state index < -0.39 is 0 Å². The Morgan fingerprint density at radius 1 is 1.38 bits per heavy atom. The maximum absolute atomic E-state index is 5.58. The molecule has 1 aliphatic heterocycles. The third-order valence-electron chi connectivity index (χ3n) is 3.82. The van der Waals surface area contributed by atoms with Crippen molar-refractivity contribution in [2.75, 3.05) is 6.61 Å². The van der Waals surface area contributed by atoms with Crippen molar-refractivity contribution >= 4 is 26.8 Å². The third-order valence-corrected chi connectivity index (χ3v) is 4.87. The second-order valence-corrected chi connectivity index (χ2v) is 6.09. The number of nitrogens with zero attached hydrogens (tertiary/aromatic N) is 2. The molecule has 6 heteroatoms. The van der Waals surface area contributed by atoms with Crippen LogP contribution in [0.3, 0.4) is 0 Å². The lowest BCUT2D eigenvalue weighted by molar-refractivity contribution is 0.103.